The number of benzene rings is 1. The van der Waals surface area contributed by atoms with Gasteiger partial charge >= 0.3 is 6.03 Å². The number of ether oxygens (including phenoxy) is 1. The van der Waals surface area contributed by atoms with Gasteiger partial charge in [-0.15, -0.1) is 0 Å². The highest BCUT2D eigenvalue weighted by molar-refractivity contribution is 5.89. The van der Waals surface area contributed by atoms with Gasteiger partial charge in [0.15, 0.2) is 0 Å². The Morgan fingerprint density at radius 3 is 2.52 bits per heavy atom. The van der Waals surface area contributed by atoms with Crippen LogP contribution in [-0.2, 0) is 4.74 Å². The average Bonchev–Trinajstić information content (AvgIpc) is 3.15. The Bertz CT molecular complexity index is 705. The van der Waals surface area contributed by atoms with Gasteiger partial charge in [0, 0.05) is 44.0 Å². The van der Waals surface area contributed by atoms with Crippen LogP contribution >= 0.6 is 0 Å². The SMILES string of the molecule is O=C(Nc1ccc(N2CCOCC2)c(F)c1)NC1CCN([C@@H]2CCC[C@@H]2O)CC1. The van der Waals surface area contributed by atoms with Gasteiger partial charge in [0.05, 0.1) is 25.0 Å². The number of aliphatic hydroxyl groups excluding tert-OH is 1. The maximum Gasteiger partial charge on any atom is 0.319 e. The van der Waals surface area contributed by atoms with Gasteiger partial charge in [-0.1, -0.05) is 0 Å². The van der Waals surface area contributed by atoms with Crippen LogP contribution in [0.25, 0.3) is 0 Å². The molecule has 0 radical (unpaired) electrons. The second-order valence-corrected chi connectivity index (χ2v) is 8.24. The zero-order chi connectivity index (χ0) is 20.2. The third kappa shape index (κ3) is 4.99. The number of urea groups is 1. The van der Waals surface area contributed by atoms with Crippen LogP contribution in [0.3, 0.4) is 0 Å². The minimum Gasteiger partial charge on any atom is -0.391 e. The van der Waals surface area contributed by atoms with E-state index < -0.39 is 0 Å². The molecule has 3 fully saturated rings. The Labute approximate surface area is 171 Å². The Hall–Kier alpha value is -1.90. The number of anilines is 2. The molecule has 160 valence electrons. The summed E-state index contributed by atoms with van der Waals surface area (Å²) in [5, 5.41) is 15.8. The fourth-order valence-electron chi connectivity index (χ4n) is 4.72. The lowest BCUT2D eigenvalue weighted by Gasteiger charge is -2.37. The van der Waals surface area contributed by atoms with Crippen LogP contribution in [0.4, 0.5) is 20.6 Å². The van der Waals surface area contributed by atoms with E-state index in [1.807, 2.05) is 4.90 Å². The molecular weight excluding hydrogens is 375 g/mol. The van der Waals surface area contributed by atoms with Crippen molar-refractivity contribution in [3.8, 4) is 0 Å². The van der Waals surface area contributed by atoms with Crippen molar-refractivity contribution in [1.82, 2.24) is 10.2 Å². The van der Waals surface area contributed by atoms with E-state index in [-0.39, 0.29) is 30.0 Å². The van der Waals surface area contributed by atoms with Crippen LogP contribution in [0.5, 0.6) is 0 Å². The molecule has 0 unspecified atom stereocenters. The summed E-state index contributed by atoms with van der Waals surface area (Å²) in [6, 6.07) is 4.89. The van der Waals surface area contributed by atoms with Crippen LogP contribution in [-0.4, -0.2) is 73.6 Å². The molecule has 8 heteroatoms. The van der Waals surface area contributed by atoms with Crippen LogP contribution in [0, 0.1) is 5.82 Å². The van der Waals surface area contributed by atoms with Gasteiger partial charge in [-0.25, -0.2) is 9.18 Å². The molecule has 1 saturated carbocycles. The number of carbonyl (C=O) groups excluding carboxylic acids is 1. The third-order valence-electron chi connectivity index (χ3n) is 6.34. The smallest absolute Gasteiger partial charge is 0.319 e. The molecule has 2 atom stereocenters. The topological polar surface area (TPSA) is 77.1 Å². The molecule has 2 heterocycles. The van der Waals surface area contributed by atoms with Crippen molar-refractivity contribution in [3.63, 3.8) is 0 Å². The number of halogens is 1. The quantitative estimate of drug-likeness (QED) is 0.714. The molecule has 0 spiro atoms. The lowest BCUT2D eigenvalue weighted by Crippen LogP contribution is -2.50. The fourth-order valence-corrected chi connectivity index (χ4v) is 4.72. The summed E-state index contributed by atoms with van der Waals surface area (Å²) in [5.41, 5.74) is 0.990. The van der Waals surface area contributed by atoms with Crippen molar-refractivity contribution in [3.05, 3.63) is 24.0 Å². The van der Waals surface area contributed by atoms with Crippen molar-refractivity contribution in [2.24, 2.45) is 0 Å². The highest BCUT2D eigenvalue weighted by Crippen LogP contribution is 2.27. The molecule has 1 aromatic carbocycles. The first kappa shape index (κ1) is 20.4. The van der Waals surface area contributed by atoms with Gasteiger partial charge in [0.2, 0.25) is 0 Å². The van der Waals surface area contributed by atoms with E-state index in [0.717, 1.165) is 45.2 Å². The van der Waals surface area contributed by atoms with Gasteiger partial charge in [0.25, 0.3) is 0 Å². The zero-order valence-electron chi connectivity index (χ0n) is 16.8. The van der Waals surface area contributed by atoms with Crippen molar-refractivity contribution in [1.29, 1.82) is 0 Å². The Morgan fingerprint density at radius 1 is 1.10 bits per heavy atom. The number of morpholine rings is 1. The van der Waals surface area contributed by atoms with E-state index in [4.69, 9.17) is 4.74 Å². The highest BCUT2D eigenvalue weighted by atomic mass is 19.1. The molecule has 29 heavy (non-hydrogen) atoms. The largest absolute Gasteiger partial charge is 0.391 e. The molecular formula is C21H31FN4O3. The number of hydrogen-bond donors (Lipinski definition) is 3. The van der Waals surface area contributed by atoms with Gasteiger partial charge in [-0.2, -0.15) is 0 Å². The first-order chi connectivity index (χ1) is 14.1. The van der Waals surface area contributed by atoms with E-state index in [0.29, 0.717) is 37.7 Å². The molecule has 2 amide bonds. The maximum atomic E-state index is 14.5. The normalized spacial score (nSPS) is 26.5. The standard InChI is InChI=1S/C21H31FN4O3/c22-17-14-16(4-5-18(17)26-10-12-29-13-11-26)24-21(28)23-15-6-8-25(9-7-15)19-2-1-3-20(19)27/h4-5,14-15,19-20,27H,1-3,6-13H2,(H2,23,24,28)/t19-,20+/m1/s1. The minimum atomic E-state index is -0.340. The van der Waals surface area contributed by atoms with E-state index in [1.54, 1.807) is 12.1 Å². The molecule has 1 aromatic rings. The van der Waals surface area contributed by atoms with E-state index in [1.165, 1.54) is 6.07 Å². The monoisotopic (exact) mass is 406 g/mol. The Morgan fingerprint density at radius 2 is 1.86 bits per heavy atom. The number of piperidine rings is 1. The van der Waals surface area contributed by atoms with E-state index >= 15 is 0 Å². The zero-order valence-corrected chi connectivity index (χ0v) is 16.8. The van der Waals surface area contributed by atoms with Crippen molar-refractivity contribution in [2.45, 2.75) is 50.3 Å². The van der Waals surface area contributed by atoms with Crippen LogP contribution < -0.4 is 15.5 Å². The predicted molar refractivity (Wildman–Crippen MR) is 110 cm³/mol. The molecule has 4 rings (SSSR count). The number of hydrogen-bond acceptors (Lipinski definition) is 5. The molecule has 7 nitrogen and oxygen atoms in total. The lowest BCUT2D eigenvalue weighted by atomic mass is 10.0. The lowest BCUT2D eigenvalue weighted by molar-refractivity contribution is 0.0537. The van der Waals surface area contributed by atoms with E-state index in [9.17, 15) is 14.3 Å². The molecule has 0 bridgehead atoms. The number of carbonyl (C=O) groups is 1. The molecule has 3 N–H and O–H groups in total. The molecule has 2 aliphatic heterocycles. The van der Waals surface area contributed by atoms with Crippen molar-refractivity contribution >= 4 is 17.4 Å². The highest BCUT2D eigenvalue weighted by Gasteiger charge is 2.33. The number of nitrogens with zero attached hydrogens (tertiary/aromatic N) is 2. The minimum absolute atomic E-state index is 0.0993. The number of aliphatic hydroxyl groups is 1. The first-order valence-corrected chi connectivity index (χ1v) is 10.7. The number of rotatable bonds is 4. The van der Waals surface area contributed by atoms with Crippen molar-refractivity contribution < 1.29 is 19.0 Å². The predicted octanol–water partition coefficient (Wildman–Crippen LogP) is 2.16. The summed E-state index contributed by atoms with van der Waals surface area (Å²) in [6.07, 6.45) is 4.56. The summed E-state index contributed by atoms with van der Waals surface area (Å²) in [5.74, 6) is -0.340. The van der Waals surface area contributed by atoms with Crippen LogP contribution in [0.2, 0.25) is 0 Å². The first-order valence-electron chi connectivity index (χ1n) is 10.7. The maximum absolute atomic E-state index is 14.5. The molecule has 1 aliphatic carbocycles. The van der Waals surface area contributed by atoms with Crippen LogP contribution in [0.1, 0.15) is 32.1 Å². The van der Waals surface area contributed by atoms with Crippen molar-refractivity contribution in [2.75, 3.05) is 49.6 Å². The summed E-state index contributed by atoms with van der Waals surface area (Å²) < 4.78 is 19.8. The van der Waals surface area contributed by atoms with Gasteiger partial charge in [-0.3, -0.25) is 4.90 Å². The van der Waals surface area contributed by atoms with Gasteiger partial charge < -0.3 is 25.4 Å². The molecule has 0 aromatic heterocycles. The Kier molecular flexibility index (Phi) is 6.52. The number of likely N-dealkylation sites (tertiary alicyclic amines) is 1. The van der Waals surface area contributed by atoms with Gasteiger partial charge in [0.1, 0.15) is 5.82 Å². The average molecular weight is 407 g/mol. The number of nitrogens with one attached hydrogen (secondary N) is 2. The Balaban J connectivity index is 1.25. The molecule has 3 aliphatic rings. The summed E-state index contributed by atoms with van der Waals surface area (Å²) in [4.78, 5) is 16.7. The second kappa shape index (κ2) is 9.28. The summed E-state index contributed by atoms with van der Waals surface area (Å²) >= 11 is 0. The summed E-state index contributed by atoms with van der Waals surface area (Å²) in [6.45, 7) is 4.30. The summed E-state index contributed by atoms with van der Waals surface area (Å²) in [7, 11) is 0. The van der Waals surface area contributed by atoms with Crippen LogP contribution in [0.15, 0.2) is 18.2 Å². The third-order valence-corrected chi connectivity index (χ3v) is 6.34. The number of amides is 2. The van der Waals surface area contributed by atoms with Gasteiger partial charge in [-0.05, 0) is 50.3 Å². The van der Waals surface area contributed by atoms with E-state index in [2.05, 4.69) is 15.5 Å². The fraction of sp³-hybridized carbons (Fsp3) is 0.667. The second-order valence-electron chi connectivity index (χ2n) is 8.24. The molecule has 2 saturated heterocycles.